The van der Waals surface area contributed by atoms with Gasteiger partial charge in [0.2, 0.25) is 0 Å². The first-order valence-corrected chi connectivity index (χ1v) is 6.53. The second-order valence-electron chi connectivity index (χ2n) is 3.89. The zero-order valence-electron chi connectivity index (χ0n) is 10.5. The van der Waals surface area contributed by atoms with Crippen molar-refractivity contribution in [1.29, 1.82) is 0 Å². The Labute approximate surface area is 120 Å². The van der Waals surface area contributed by atoms with Crippen LogP contribution < -0.4 is 9.47 Å². The van der Waals surface area contributed by atoms with Crippen molar-refractivity contribution >= 4 is 15.9 Å². The number of ether oxygens (including phenoxy) is 2. The first kappa shape index (κ1) is 13.8. The van der Waals surface area contributed by atoms with Crippen LogP contribution in [0.2, 0.25) is 0 Å². The molecule has 0 saturated heterocycles. The van der Waals surface area contributed by atoms with E-state index in [-0.39, 0.29) is 6.61 Å². The average Bonchev–Trinajstić information content (AvgIpc) is 2.46. The van der Waals surface area contributed by atoms with E-state index >= 15 is 0 Å². The fourth-order valence-electron chi connectivity index (χ4n) is 1.58. The Morgan fingerprint density at radius 2 is 2.00 bits per heavy atom. The van der Waals surface area contributed by atoms with Gasteiger partial charge in [-0.2, -0.15) is 0 Å². The standard InChI is InChI=1S/C14H14BrNO3/c1-18-12-4-2-10(3-5-12)9-19-14-6-11(15)7-16-13(14)8-17/h2-7,17H,8-9H2,1H3. The van der Waals surface area contributed by atoms with Crippen LogP contribution in [0.3, 0.4) is 0 Å². The van der Waals surface area contributed by atoms with Crippen LogP contribution in [0.15, 0.2) is 41.0 Å². The lowest BCUT2D eigenvalue weighted by Gasteiger charge is -2.10. The van der Waals surface area contributed by atoms with E-state index in [4.69, 9.17) is 9.47 Å². The van der Waals surface area contributed by atoms with E-state index in [0.717, 1.165) is 15.8 Å². The van der Waals surface area contributed by atoms with Gasteiger partial charge in [-0.15, -0.1) is 0 Å². The lowest BCUT2D eigenvalue weighted by Crippen LogP contribution is -2.00. The fourth-order valence-corrected chi connectivity index (χ4v) is 1.89. The molecule has 2 aromatic rings. The van der Waals surface area contributed by atoms with Crippen molar-refractivity contribution < 1.29 is 14.6 Å². The normalized spacial score (nSPS) is 10.3. The molecular weight excluding hydrogens is 310 g/mol. The smallest absolute Gasteiger partial charge is 0.144 e. The molecule has 1 aromatic heterocycles. The molecule has 0 fully saturated rings. The largest absolute Gasteiger partial charge is 0.497 e. The van der Waals surface area contributed by atoms with Crippen LogP contribution >= 0.6 is 15.9 Å². The highest BCUT2D eigenvalue weighted by Crippen LogP contribution is 2.22. The number of hydrogen-bond donors (Lipinski definition) is 1. The summed E-state index contributed by atoms with van der Waals surface area (Å²) < 4.78 is 11.6. The van der Waals surface area contributed by atoms with Gasteiger partial charge in [0.05, 0.1) is 13.7 Å². The summed E-state index contributed by atoms with van der Waals surface area (Å²) in [7, 11) is 1.63. The summed E-state index contributed by atoms with van der Waals surface area (Å²) in [5.41, 5.74) is 1.54. The zero-order valence-corrected chi connectivity index (χ0v) is 12.1. The van der Waals surface area contributed by atoms with Crippen molar-refractivity contribution in [3.63, 3.8) is 0 Å². The number of halogens is 1. The Kier molecular flexibility index (Phi) is 4.76. The number of nitrogens with zero attached hydrogens (tertiary/aromatic N) is 1. The molecule has 1 aromatic carbocycles. The van der Waals surface area contributed by atoms with Crippen LogP contribution in [-0.4, -0.2) is 17.2 Å². The van der Waals surface area contributed by atoms with Gasteiger partial charge in [0, 0.05) is 10.7 Å². The highest BCUT2D eigenvalue weighted by molar-refractivity contribution is 9.10. The predicted molar refractivity (Wildman–Crippen MR) is 75.2 cm³/mol. The monoisotopic (exact) mass is 323 g/mol. The Morgan fingerprint density at radius 1 is 1.26 bits per heavy atom. The van der Waals surface area contributed by atoms with E-state index in [2.05, 4.69) is 20.9 Å². The van der Waals surface area contributed by atoms with Gasteiger partial charge >= 0.3 is 0 Å². The molecule has 0 unspecified atom stereocenters. The second-order valence-corrected chi connectivity index (χ2v) is 4.81. The van der Waals surface area contributed by atoms with Crippen LogP contribution in [0.4, 0.5) is 0 Å². The maximum absolute atomic E-state index is 9.20. The number of benzene rings is 1. The third-order valence-electron chi connectivity index (χ3n) is 2.60. The van der Waals surface area contributed by atoms with Crippen molar-refractivity contribution in [2.75, 3.05) is 7.11 Å². The summed E-state index contributed by atoms with van der Waals surface area (Å²) in [5.74, 6) is 1.39. The van der Waals surface area contributed by atoms with Crippen molar-refractivity contribution in [1.82, 2.24) is 4.98 Å². The predicted octanol–water partition coefficient (Wildman–Crippen LogP) is 2.92. The van der Waals surface area contributed by atoms with E-state index in [1.807, 2.05) is 24.3 Å². The minimum absolute atomic E-state index is 0.148. The van der Waals surface area contributed by atoms with E-state index in [9.17, 15) is 5.11 Å². The number of hydrogen-bond acceptors (Lipinski definition) is 4. The zero-order chi connectivity index (χ0) is 13.7. The van der Waals surface area contributed by atoms with Crippen LogP contribution in [0.1, 0.15) is 11.3 Å². The molecule has 0 bridgehead atoms. The van der Waals surface area contributed by atoms with Crippen LogP contribution in [0, 0.1) is 0 Å². The number of aliphatic hydroxyl groups is 1. The molecule has 0 aliphatic heterocycles. The van der Waals surface area contributed by atoms with Crippen molar-refractivity contribution in [2.24, 2.45) is 0 Å². The summed E-state index contributed by atoms with van der Waals surface area (Å²) in [5, 5.41) is 9.20. The lowest BCUT2D eigenvalue weighted by molar-refractivity contribution is 0.253. The first-order chi connectivity index (χ1) is 9.22. The molecule has 1 N–H and O–H groups in total. The lowest BCUT2D eigenvalue weighted by atomic mass is 10.2. The Hall–Kier alpha value is -1.59. The molecule has 100 valence electrons. The molecule has 19 heavy (non-hydrogen) atoms. The van der Waals surface area contributed by atoms with Gasteiger partial charge < -0.3 is 14.6 Å². The SMILES string of the molecule is COc1ccc(COc2cc(Br)cnc2CO)cc1. The van der Waals surface area contributed by atoms with Gasteiger partial charge in [0.25, 0.3) is 0 Å². The summed E-state index contributed by atoms with van der Waals surface area (Å²) in [6.07, 6.45) is 1.63. The third-order valence-corrected chi connectivity index (χ3v) is 3.03. The van der Waals surface area contributed by atoms with Gasteiger partial charge in [-0.05, 0) is 39.7 Å². The fraction of sp³-hybridized carbons (Fsp3) is 0.214. The van der Waals surface area contributed by atoms with E-state index in [1.54, 1.807) is 19.4 Å². The van der Waals surface area contributed by atoms with Gasteiger partial charge in [-0.3, -0.25) is 4.98 Å². The number of aromatic nitrogens is 1. The highest BCUT2D eigenvalue weighted by Gasteiger charge is 2.06. The molecule has 0 saturated carbocycles. The van der Waals surface area contributed by atoms with Crippen LogP contribution in [0.5, 0.6) is 11.5 Å². The minimum Gasteiger partial charge on any atom is -0.497 e. The number of pyridine rings is 1. The molecule has 2 rings (SSSR count). The van der Waals surface area contributed by atoms with Gasteiger partial charge in [0.15, 0.2) is 0 Å². The molecule has 0 spiro atoms. The summed E-state index contributed by atoms with van der Waals surface area (Å²) in [4.78, 5) is 4.09. The molecular formula is C14H14BrNO3. The van der Waals surface area contributed by atoms with Crippen molar-refractivity contribution in [3.05, 3.63) is 52.3 Å². The summed E-state index contributed by atoms with van der Waals surface area (Å²) >= 11 is 3.33. The molecule has 4 nitrogen and oxygen atoms in total. The van der Waals surface area contributed by atoms with Gasteiger partial charge in [-0.1, -0.05) is 12.1 Å². The topological polar surface area (TPSA) is 51.6 Å². The second kappa shape index (κ2) is 6.54. The van der Waals surface area contributed by atoms with Gasteiger partial charge in [0.1, 0.15) is 23.8 Å². The Balaban J connectivity index is 2.07. The summed E-state index contributed by atoms with van der Waals surface area (Å²) in [6, 6.07) is 9.42. The van der Waals surface area contributed by atoms with Gasteiger partial charge in [-0.25, -0.2) is 0 Å². The van der Waals surface area contributed by atoms with Crippen LogP contribution in [0.25, 0.3) is 0 Å². The molecule has 0 amide bonds. The maximum atomic E-state index is 9.20. The number of rotatable bonds is 5. The molecule has 0 atom stereocenters. The average molecular weight is 324 g/mol. The molecule has 1 heterocycles. The number of methoxy groups -OCH3 is 1. The quantitative estimate of drug-likeness (QED) is 0.919. The Bertz CT molecular complexity index is 543. The van der Waals surface area contributed by atoms with E-state index in [0.29, 0.717) is 18.1 Å². The third kappa shape index (κ3) is 3.68. The van der Waals surface area contributed by atoms with E-state index in [1.165, 1.54) is 0 Å². The summed E-state index contributed by atoms with van der Waals surface area (Å²) in [6.45, 7) is 0.264. The first-order valence-electron chi connectivity index (χ1n) is 5.74. The van der Waals surface area contributed by atoms with Crippen molar-refractivity contribution in [3.8, 4) is 11.5 Å². The highest BCUT2D eigenvalue weighted by atomic mass is 79.9. The number of aliphatic hydroxyl groups excluding tert-OH is 1. The minimum atomic E-state index is -0.148. The maximum Gasteiger partial charge on any atom is 0.144 e. The van der Waals surface area contributed by atoms with E-state index < -0.39 is 0 Å². The molecule has 0 aliphatic carbocycles. The Morgan fingerprint density at radius 3 is 2.63 bits per heavy atom. The molecule has 5 heteroatoms. The molecule has 0 aliphatic rings. The molecule has 0 radical (unpaired) electrons. The van der Waals surface area contributed by atoms with Crippen LogP contribution in [-0.2, 0) is 13.2 Å². The van der Waals surface area contributed by atoms with Crippen molar-refractivity contribution in [2.45, 2.75) is 13.2 Å².